The lowest BCUT2D eigenvalue weighted by atomic mass is 10.1. The molecule has 14 heteroatoms. The molecule has 1 heterocycles. The van der Waals surface area contributed by atoms with Gasteiger partial charge in [-0.25, -0.2) is 18.2 Å². The lowest BCUT2D eigenvalue weighted by Crippen LogP contribution is -2.16. The fraction of sp³-hybridized carbons (Fsp3) is 0.125. The highest BCUT2D eigenvalue weighted by Gasteiger charge is 2.34. The summed E-state index contributed by atoms with van der Waals surface area (Å²) < 4.78 is 78.2. The van der Waals surface area contributed by atoms with Gasteiger partial charge in [-0.15, -0.1) is 0 Å². The fourth-order valence-corrected chi connectivity index (χ4v) is 4.37. The summed E-state index contributed by atoms with van der Waals surface area (Å²) in [5.74, 6) is -1.67. The van der Waals surface area contributed by atoms with E-state index in [4.69, 9.17) is 21.1 Å². The zero-order chi connectivity index (χ0) is 28.3. The minimum Gasteiger partial charge on any atom is -0.465 e. The van der Waals surface area contributed by atoms with Gasteiger partial charge in [-0.2, -0.15) is 13.2 Å². The molecule has 9 nitrogen and oxygen atoms in total. The first-order valence-electron chi connectivity index (χ1n) is 10.4. The molecule has 0 aliphatic heterocycles. The van der Waals surface area contributed by atoms with Crippen molar-refractivity contribution in [2.24, 2.45) is 0 Å². The Kier molecular flexibility index (Phi) is 8.32. The van der Waals surface area contributed by atoms with E-state index in [1.54, 1.807) is 6.92 Å². The van der Waals surface area contributed by atoms with Crippen molar-refractivity contribution in [2.75, 3.05) is 17.1 Å². The monoisotopic (exact) mass is 569 g/mol. The minimum atomic E-state index is -4.88. The van der Waals surface area contributed by atoms with E-state index < -0.39 is 43.6 Å². The summed E-state index contributed by atoms with van der Waals surface area (Å²) in [6.07, 6.45) is -2.52. The molecule has 0 unspecified atom stereocenters. The van der Waals surface area contributed by atoms with Crippen LogP contribution in [-0.4, -0.2) is 32.4 Å². The molecule has 38 heavy (non-hydrogen) atoms. The van der Waals surface area contributed by atoms with Crippen molar-refractivity contribution < 1.29 is 40.7 Å². The molecule has 0 aliphatic carbocycles. The zero-order valence-corrected chi connectivity index (χ0v) is 21.3. The number of halogens is 4. The van der Waals surface area contributed by atoms with Crippen LogP contribution in [-0.2, 0) is 25.7 Å². The fourth-order valence-electron chi connectivity index (χ4n) is 3.07. The van der Waals surface area contributed by atoms with E-state index in [2.05, 4.69) is 21.6 Å². The molecule has 0 fully saturated rings. The first-order valence-corrected chi connectivity index (χ1v) is 12.3. The van der Waals surface area contributed by atoms with Crippen LogP contribution in [0.4, 0.5) is 24.5 Å². The van der Waals surface area contributed by atoms with Crippen molar-refractivity contribution in [1.29, 1.82) is 0 Å². The summed E-state index contributed by atoms with van der Waals surface area (Å²) in [4.78, 5) is 27.3. The highest BCUT2D eigenvalue weighted by atomic mass is 35.5. The molecule has 0 saturated carbocycles. The number of carbonyl (C=O) groups is 2. The first-order chi connectivity index (χ1) is 17.7. The second-order valence-electron chi connectivity index (χ2n) is 7.60. The molecular formula is C24H19ClF3N3O6S. The number of pyridine rings is 1. The number of sulfonamides is 1. The van der Waals surface area contributed by atoms with Crippen LogP contribution in [0.5, 0.6) is 11.6 Å². The van der Waals surface area contributed by atoms with Crippen molar-refractivity contribution in [3.8, 4) is 11.6 Å². The van der Waals surface area contributed by atoms with Gasteiger partial charge in [0.25, 0.3) is 10.0 Å². The van der Waals surface area contributed by atoms with Crippen LogP contribution >= 0.6 is 11.6 Å². The molecule has 2 N–H and O–H groups in total. The Morgan fingerprint density at radius 1 is 1.11 bits per heavy atom. The molecule has 200 valence electrons. The Morgan fingerprint density at radius 3 is 2.45 bits per heavy atom. The zero-order valence-electron chi connectivity index (χ0n) is 19.7. The van der Waals surface area contributed by atoms with Crippen LogP contribution in [0, 0.1) is 6.92 Å². The van der Waals surface area contributed by atoms with E-state index in [0.717, 1.165) is 25.3 Å². The van der Waals surface area contributed by atoms with Gasteiger partial charge in [-0.1, -0.05) is 18.2 Å². The number of nitrogens with one attached hydrogen (secondary N) is 2. The highest BCUT2D eigenvalue weighted by Crippen LogP contribution is 2.37. The third-order valence-electron chi connectivity index (χ3n) is 4.84. The first kappa shape index (κ1) is 28.5. The maximum atomic E-state index is 13.2. The Bertz CT molecular complexity index is 1530. The van der Waals surface area contributed by atoms with E-state index in [1.165, 1.54) is 30.5 Å². The number of nitrogens with zero attached hydrogens (tertiary/aromatic N) is 1. The number of ether oxygens (including phenoxy) is 2. The van der Waals surface area contributed by atoms with Crippen LogP contribution in [0.2, 0.25) is 5.02 Å². The van der Waals surface area contributed by atoms with Gasteiger partial charge in [0.15, 0.2) is 0 Å². The average molecular weight is 570 g/mol. The number of methoxy groups -OCH3 is 1. The van der Waals surface area contributed by atoms with Crippen molar-refractivity contribution >= 4 is 44.9 Å². The Morgan fingerprint density at radius 2 is 1.82 bits per heavy atom. The predicted molar refractivity (Wildman–Crippen MR) is 133 cm³/mol. The van der Waals surface area contributed by atoms with Crippen molar-refractivity contribution in [3.63, 3.8) is 0 Å². The predicted octanol–water partition coefficient (Wildman–Crippen LogP) is 5.57. The van der Waals surface area contributed by atoms with Crippen LogP contribution in [0.3, 0.4) is 0 Å². The molecule has 0 aliphatic rings. The summed E-state index contributed by atoms with van der Waals surface area (Å²) in [6, 6.07) is 7.43. The standard InChI is InChI=1S/C24H19ClF3N3O6S/c1-4-21(32)30-19-8-5-14(10-16(19)23(33)36-3)37-22-20(9-13(2)12-29-22)31-38(34,35)15-6-7-18(25)17(11-15)24(26,27)28/h4-12,31H,1H2,2-3H3,(H,30,32). The summed E-state index contributed by atoms with van der Waals surface area (Å²) in [5.41, 5.74) is -1.01. The number of hydrogen-bond acceptors (Lipinski definition) is 7. The molecule has 0 radical (unpaired) electrons. The van der Waals surface area contributed by atoms with Gasteiger partial charge in [0.05, 0.1) is 33.8 Å². The summed E-state index contributed by atoms with van der Waals surface area (Å²) >= 11 is 5.59. The second kappa shape index (κ2) is 11.1. The molecule has 0 atom stereocenters. The van der Waals surface area contributed by atoms with Gasteiger partial charge >= 0.3 is 12.1 Å². The second-order valence-corrected chi connectivity index (χ2v) is 9.69. The number of rotatable bonds is 8. The topological polar surface area (TPSA) is 124 Å². The van der Waals surface area contributed by atoms with Crippen LogP contribution in [0.1, 0.15) is 21.5 Å². The van der Waals surface area contributed by atoms with E-state index in [1.807, 2.05) is 0 Å². The number of alkyl halides is 3. The molecule has 0 saturated heterocycles. The Labute approximate surface area is 220 Å². The Hall–Kier alpha value is -4.10. The van der Waals surface area contributed by atoms with Gasteiger partial charge < -0.3 is 14.8 Å². The van der Waals surface area contributed by atoms with E-state index in [-0.39, 0.29) is 28.6 Å². The number of aromatic nitrogens is 1. The van der Waals surface area contributed by atoms with E-state index >= 15 is 0 Å². The average Bonchev–Trinajstić information content (AvgIpc) is 2.85. The maximum Gasteiger partial charge on any atom is 0.417 e. The minimum absolute atomic E-state index is 0.00431. The Balaban J connectivity index is 1.99. The lowest BCUT2D eigenvalue weighted by Gasteiger charge is -2.16. The third-order valence-corrected chi connectivity index (χ3v) is 6.53. The van der Waals surface area contributed by atoms with Crippen LogP contribution in [0.15, 0.2) is 66.2 Å². The molecule has 2 aromatic carbocycles. The summed E-state index contributed by atoms with van der Waals surface area (Å²) in [7, 11) is -3.42. The van der Waals surface area contributed by atoms with Gasteiger partial charge in [0.2, 0.25) is 11.8 Å². The molecular weight excluding hydrogens is 551 g/mol. The molecule has 3 aromatic rings. The molecule has 0 bridgehead atoms. The number of amides is 1. The number of anilines is 2. The summed E-state index contributed by atoms with van der Waals surface area (Å²) in [5, 5.41) is 1.78. The molecule has 0 spiro atoms. The van der Waals surface area contributed by atoms with E-state index in [0.29, 0.717) is 11.6 Å². The maximum absolute atomic E-state index is 13.2. The quantitative estimate of drug-likeness (QED) is 0.269. The van der Waals surface area contributed by atoms with Crippen molar-refractivity contribution in [2.45, 2.75) is 18.0 Å². The van der Waals surface area contributed by atoms with Gasteiger partial charge in [-0.05, 0) is 61.0 Å². The number of benzene rings is 2. The molecule has 1 aromatic heterocycles. The van der Waals surface area contributed by atoms with Crippen molar-refractivity contribution in [3.05, 3.63) is 83.0 Å². The van der Waals surface area contributed by atoms with Crippen LogP contribution < -0.4 is 14.8 Å². The highest BCUT2D eigenvalue weighted by molar-refractivity contribution is 7.92. The lowest BCUT2D eigenvalue weighted by molar-refractivity contribution is -0.137. The van der Waals surface area contributed by atoms with Crippen molar-refractivity contribution in [1.82, 2.24) is 4.98 Å². The normalized spacial score (nSPS) is 11.4. The smallest absolute Gasteiger partial charge is 0.417 e. The number of carbonyl (C=O) groups excluding carboxylic acids is 2. The molecule has 3 rings (SSSR count). The number of esters is 1. The third kappa shape index (κ3) is 6.61. The molecule has 1 amide bonds. The largest absolute Gasteiger partial charge is 0.465 e. The van der Waals surface area contributed by atoms with Gasteiger partial charge in [0.1, 0.15) is 11.4 Å². The number of aryl methyl sites for hydroxylation is 1. The number of hydrogen-bond donors (Lipinski definition) is 2. The summed E-state index contributed by atoms with van der Waals surface area (Å²) in [6.45, 7) is 4.94. The van der Waals surface area contributed by atoms with Gasteiger partial charge in [0, 0.05) is 6.20 Å². The van der Waals surface area contributed by atoms with E-state index in [9.17, 15) is 31.2 Å². The SMILES string of the molecule is C=CC(=O)Nc1ccc(Oc2ncc(C)cc2NS(=O)(=O)c2ccc(Cl)c(C(F)(F)F)c2)cc1C(=O)OC. The van der Waals surface area contributed by atoms with Gasteiger partial charge in [-0.3, -0.25) is 9.52 Å². The van der Waals surface area contributed by atoms with Crippen LogP contribution in [0.25, 0.3) is 0 Å².